The van der Waals surface area contributed by atoms with Gasteiger partial charge in [0.25, 0.3) is 0 Å². The number of hydrogen-bond donors (Lipinski definition) is 1. The SMILES string of the molecule is COC(=O)C(Nc1cccc(OC)c1)c1ccsc1. The van der Waals surface area contributed by atoms with Gasteiger partial charge in [-0.2, -0.15) is 11.3 Å². The summed E-state index contributed by atoms with van der Waals surface area (Å²) in [6, 6.07) is 8.82. The van der Waals surface area contributed by atoms with Crippen LogP contribution in [0.4, 0.5) is 5.69 Å². The van der Waals surface area contributed by atoms with E-state index in [2.05, 4.69) is 5.32 Å². The highest BCUT2D eigenvalue weighted by Gasteiger charge is 2.21. The average Bonchev–Trinajstić information content (AvgIpc) is 2.98. The fourth-order valence-electron chi connectivity index (χ4n) is 1.71. The van der Waals surface area contributed by atoms with Crippen molar-refractivity contribution in [2.75, 3.05) is 19.5 Å². The molecule has 1 N–H and O–H groups in total. The highest BCUT2D eigenvalue weighted by molar-refractivity contribution is 7.08. The summed E-state index contributed by atoms with van der Waals surface area (Å²) in [6.45, 7) is 0. The molecule has 0 aliphatic heterocycles. The lowest BCUT2D eigenvalue weighted by atomic mass is 10.1. The topological polar surface area (TPSA) is 47.6 Å². The van der Waals surface area contributed by atoms with Crippen molar-refractivity contribution in [2.45, 2.75) is 6.04 Å². The number of esters is 1. The molecule has 1 aromatic carbocycles. The minimum absolute atomic E-state index is 0.318. The Bertz CT molecular complexity index is 539. The first-order valence-electron chi connectivity index (χ1n) is 5.75. The van der Waals surface area contributed by atoms with Gasteiger partial charge in [0, 0.05) is 11.8 Å². The molecule has 100 valence electrons. The normalized spacial score (nSPS) is 11.7. The molecule has 1 unspecified atom stereocenters. The molecule has 4 nitrogen and oxygen atoms in total. The third kappa shape index (κ3) is 3.26. The van der Waals surface area contributed by atoms with E-state index < -0.39 is 6.04 Å². The summed E-state index contributed by atoms with van der Waals surface area (Å²) in [5.74, 6) is 0.417. The number of rotatable bonds is 5. The molecule has 19 heavy (non-hydrogen) atoms. The predicted molar refractivity (Wildman–Crippen MR) is 75.7 cm³/mol. The first-order chi connectivity index (χ1) is 9.24. The van der Waals surface area contributed by atoms with Crippen LogP contribution in [0.2, 0.25) is 0 Å². The largest absolute Gasteiger partial charge is 0.497 e. The van der Waals surface area contributed by atoms with Crippen molar-refractivity contribution in [2.24, 2.45) is 0 Å². The van der Waals surface area contributed by atoms with Crippen molar-refractivity contribution in [1.82, 2.24) is 0 Å². The van der Waals surface area contributed by atoms with Crippen LogP contribution < -0.4 is 10.1 Å². The van der Waals surface area contributed by atoms with Crippen LogP contribution in [0.1, 0.15) is 11.6 Å². The molecule has 1 atom stereocenters. The van der Waals surface area contributed by atoms with E-state index in [9.17, 15) is 4.79 Å². The molecule has 2 rings (SSSR count). The second-order valence-electron chi connectivity index (χ2n) is 3.89. The summed E-state index contributed by atoms with van der Waals surface area (Å²) >= 11 is 1.54. The zero-order chi connectivity index (χ0) is 13.7. The van der Waals surface area contributed by atoms with E-state index in [1.165, 1.54) is 7.11 Å². The monoisotopic (exact) mass is 277 g/mol. The van der Waals surface area contributed by atoms with Crippen LogP contribution in [0.15, 0.2) is 41.1 Å². The Balaban J connectivity index is 2.22. The zero-order valence-corrected chi connectivity index (χ0v) is 11.6. The molecule has 0 aliphatic rings. The van der Waals surface area contributed by atoms with E-state index in [1.54, 1.807) is 18.4 Å². The molecule has 0 saturated heterocycles. The highest BCUT2D eigenvalue weighted by Crippen LogP contribution is 2.25. The number of thiophene rings is 1. The lowest BCUT2D eigenvalue weighted by molar-refractivity contribution is -0.141. The van der Waals surface area contributed by atoms with Crippen LogP contribution >= 0.6 is 11.3 Å². The number of carbonyl (C=O) groups is 1. The van der Waals surface area contributed by atoms with Gasteiger partial charge in [0.1, 0.15) is 5.75 Å². The number of ether oxygens (including phenoxy) is 2. The van der Waals surface area contributed by atoms with Gasteiger partial charge in [-0.1, -0.05) is 6.07 Å². The van der Waals surface area contributed by atoms with Gasteiger partial charge >= 0.3 is 5.97 Å². The molecule has 0 aliphatic carbocycles. The molecular weight excluding hydrogens is 262 g/mol. The lowest BCUT2D eigenvalue weighted by Gasteiger charge is -2.17. The summed E-state index contributed by atoms with van der Waals surface area (Å²) in [5.41, 5.74) is 1.70. The fraction of sp³-hybridized carbons (Fsp3) is 0.214. The van der Waals surface area contributed by atoms with Crippen LogP contribution in [0, 0.1) is 0 Å². The van der Waals surface area contributed by atoms with Gasteiger partial charge in [-0.25, -0.2) is 4.79 Å². The standard InChI is InChI=1S/C14H15NO3S/c1-17-12-5-3-4-11(8-12)15-13(14(16)18-2)10-6-7-19-9-10/h3-9,13,15H,1-2H3. The number of nitrogens with one attached hydrogen (secondary N) is 1. The second kappa shape index (κ2) is 6.24. The Morgan fingerprint density at radius 3 is 2.79 bits per heavy atom. The van der Waals surface area contributed by atoms with Crippen molar-refractivity contribution in [1.29, 1.82) is 0 Å². The summed E-state index contributed by atoms with van der Waals surface area (Å²) in [6.07, 6.45) is 0. The number of anilines is 1. The van der Waals surface area contributed by atoms with Crippen LogP contribution in [0.25, 0.3) is 0 Å². The molecule has 5 heteroatoms. The third-order valence-electron chi connectivity index (χ3n) is 2.69. The molecule has 1 aromatic heterocycles. The van der Waals surface area contributed by atoms with Gasteiger partial charge in [0.05, 0.1) is 14.2 Å². The van der Waals surface area contributed by atoms with Crippen molar-refractivity contribution in [3.8, 4) is 5.75 Å². The van der Waals surface area contributed by atoms with E-state index in [1.807, 2.05) is 41.1 Å². The van der Waals surface area contributed by atoms with Crippen LogP contribution in [-0.2, 0) is 9.53 Å². The molecule has 0 saturated carbocycles. The Hall–Kier alpha value is -2.01. The van der Waals surface area contributed by atoms with E-state index in [4.69, 9.17) is 9.47 Å². The van der Waals surface area contributed by atoms with E-state index >= 15 is 0 Å². The first kappa shape index (κ1) is 13.4. The number of hydrogen-bond acceptors (Lipinski definition) is 5. The third-order valence-corrected chi connectivity index (χ3v) is 3.40. The molecular formula is C14H15NO3S. The summed E-state index contributed by atoms with van der Waals surface area (Å²) in [4.78, 5) is 11.9. The van der Waals surface area contributed by atoms with Gasteiger partial charge < -0.3 is 14.8 Å². The van der Waals surface area contributed by atoms with Crippen molar-refractivity contribution >= 4 is 23.0 Å². The summed E-state index contributed by atoms with van der Waals surface area (Å²) < 4.78 is 10.00. The van der Waals surface area contributed by atoms with Crippen LogP contribution in [0.5, 0.6) is 5.75 Å². The lowest BCUT2D eigenvalue weighted by Crippen LogP contribution is -2.21. The van der Waals surface area contributed by atoms with Crippen molar-refractivity contribution in [3.05, 3.63) is 46.7 Å². The summed E-state index contributed by atoms with van der Waals surface area (Å²) in [7, 11) is 2.99. The second-order valence-corrected chi connectivity index (χ2v) is 4.67. The molecule has 0 radical (unpaired) electrons. The minimum Gasteiger partial charge on any atom is -0.497 e. The maximum absolute atomic E-state index is 11.9. The average molecular weight is 277 g/mol. The quantitative estimate of drug-likeness (QED) is 0.853. The van der Waals surface area contributed by atoms with E-state index in [-0.39, 0.29) is 5.97 Å². The smallest absolute Gasteiger partial charge is 0.333 e. The maximum atomic E-state index is 11.9. The van der Waals surface area contributed by atoms with Gasteiger partial charge in [-0.15, -0.1) is 0 Å². The Morgan fingerprint density at radius 1 is 1.32 bits per heavy atom. The minimum atomic E-state index is -0.511. The summed E-state index contributed by atoms with van der Waals surface area (Å²) in [5, 5.41) is 7.01. The van der Waals surface area contributed by atoms with Crippen LogP contribution in [0.3, 0.4) is 0 Å². The number of carbonyl (C=O) groups excluding carboxylic acids is 1. The molecule has 0 spiro atoms. The maximum Gasteiger partial charge on any atom is 0.333 e. The van der Waals surface area contributed by atoms with Crippen LogP contribution in [-0.4, -0.2) is 20.2 Å². The Morgan fingerprint density at radius 2 is 2.16 bits per heavy atom. The van der Waals surface area contributed by atoms with Gasteiger partial charge in [-0.3, -0.25) is 0 Å². The molecule has 1 heterocycles. The van der Waals surface area contributed by atoms with E-state index in [0.29, 0.717) is 0 Å². The van der Waals surface area contributed by atoms with E-state index in [0.717, 1.165) is 17.0 Å². The molecule has 2 aromatic rings. The number of benzene rings is 1. The zero-order valence-electron chi connectivity index (χ0n) is 10.8. The highest BCUT2D eigenvalue weighted by atomic mass is 32.1. The van der Waals surface area contributed by atoms with Gasteiger partial charge in [0.15, 0.2) is 6.04 Å². The molecule has 0 bridgehead atoms. The van der Waals surface area contributed by atoms with Crippen molar-refractivity contribution in [3.63, 3.8) is 0 Å². The van der Waals surface area contributed by atoms with Crippen molar-refractivity contribution < 1.29 is 14.3 Å². The molecule has 0 amide bonds. The number of methoxy groups -OCH3 is 2. The molecule has 0 fully saturated rings. The first-order valence-corrected chi connectivity index (χ1v) is 6.69. The predicted octanol–water partition coefficient (Wildman–Crippen LogP) is 3.08. The Kier molecular flexibility index (Phi) is 4.41. The van der Waals surface area contributed by atoms with Gasteiger partial charge in [0.2, 0.25) is 0 Å². The van der Waals surface area contributed by atoms with Gasteiger partial charge in [-0.05, 0) is 34.5 Å². The fourth-order valence-corrected chi connectivity index (χ4v) is 2.40. The Labute approximate surface area is 116 Å².